The van der Waals surface area contributed by atoms with E-state index in [4.69, 9.17) is 4.74 Å². The number of methoxy groups -OCH3 is 1. The molecule has 18 heavy (non-hydrogen) atoms. The maximum atomic E-state index is 5.03. The SMILES string of the molecule is COc1ccc(NC2=NC(CC(C)C)CS2)cn1. The van der Waals surface area contributed by atoms with E-state index in [0.717, 1.165) is 23.0 Å². The predicted molar refractivity (Wildman–Crippen MR) is 77.5 cm³/mol. The van der Waals surface area contributed by atoms with Crippen LogP contribution in [0, 0.1) is 5.92 Å². The normalized spacial score (nSPS) is 18.9. The molecular weight excluding hydrogens is 246 g/mol. The summed E-state index contributed by atoms with van der Waals surface area (Å²) in [7, 11) is 1.61. The second-order valence-corrected chi connectivity index (χ2v) is 5.75. The second-order valence-electron chi connectivity index (χ2n) is 4.74. The van der Waals surface area contributed by atoms with Gasteiger partial charge in [0, 0.05) is 11.8 Å². The van der Waals surface area contributed by atoms with Gasteiger partial charge in [0.25, 0.3) is 0 Å². The van der Waals surface area contributed by atoms with Crippen LogP contribution in [-0.4, -0.2) is 29.1 Å². The van der Waals surface area contributed by atoms with Crippen molar-refractivity contribution in [2.75, 3.05) is 18.2 Å². The van der Waals surface area contributed by atoms with Crippen molar-refractivity contribution in [1.82, 2.24) is 4.98 Å². The number of aromatic nitrogens is 1. The van der Waals surface area contributed by atoms with Gasteiger partial charge in [-0.3, -0.25) is 4.99 Å². The van der Waals surface area contributed by atoms with E-state index in [-0.39, 0.29) is 0 Å². The fourth-order valence-electron chi connectivity index (χ4n) is 1.85. The highest BCUT2D eigenvalue weighted by Gasteiger charge is 2.19. The molecule has 0 bridgehead atoms. The molecule has 1 aliphatic rings. The summed E-state index contributed by atoms with van der Waals surface area (Å²) in [6.45, 7) is 4.47. The Labute approximate surface area is 112 Å². The molecule has 1 aliphatic heterocycles. The van der Waals surface area contributed by atoms with Crippen LogP contribution in [0.5, 0.6) is 5.88 Å². The number of nitrogens with one attached hydrogen (secondary N) is 1. The van der Waals surface area contributed by atoms with Crippen LogP contribution in [0.25, 0.3) is 0 Å². The summed E-state index contributed by atoms with van der Waals surface area (Å²) < 4.78 is 5.03. The Kier molecular flexibility index (Phi) is 4.47. The number of rotatable bonds is 4. The third-order valence-corrected chi connectivity index (χ3v) is 3.68. The quantitative estimate of drug-likeness (QED) is 0.909. The van der Waals surface area contributed by atoms with E-state index in [1.54, 1.807) is 25.1 Å². The van der Waals surface area contributed by atoms with E-state index in [0.29, 0.717) is 17.8 Å². The zero-order valence-corrected chi connectivity index (χ0v) is 11.8. The molecule has 0 aromatic carbocycles. The second kappa shape index (κ2) is 6.09. The van der Waals surface area contributed by atoms with E-state index in [2.05, 4.69) is 29.1 Å². The molecule has 5 heteroatoms. The fourth-order valence-corrected chi connectivity index (χ4v) is 2.82. The van der Waals surface area contributed by atoms with E-state index in [1.807, 2.05) is 12.1 Å². The van der Waals surface area contributed by atoms with Crippen LogP contribution in [0.4, 0.5) is 5.69 Å². The summed E-state index contributed by atoms with van der Waals surface area (Å²) in [5.41, 5.74) is 0.951. The fraction of sp³-hybridized carbons (Fsp3) is 0.538. The van der Waals surface area contributed by atoms with Gasteiger partial charge in [0.2, 0.25) is 5.88 Å². The van der Waals surface area contributed by atoms with E-state index in [1.165, 1.54) is 0 Å². The number of ether oxygens (including phenoxy) is 1. The topological polar surface area (TPSA) is 46.5 Å². The van der Waals surface area contributed by atoms with Crippen molar-refractivity contribution in [3.8, 4) is 5.88 Å². The highest BCUT2D eigenvalue weighted by atomic mass is 32.2. The van der Waals surface area contributed by atoms with E-state index < -0.39 is 0 Å². The predicted octanol–water partition coefficient (Wildman–Crippen LogP) is 3.02. The highest BCUT2D eigenvalue weighted by Crippen LogP contribution is 2.24. The first-order chi connectivity index (χ1) is 8.67. The van der Waals surface area contributed by atoms with Gasteiger partial charge < -0.3 is 10.1 Å². The van der Waals surface area contributed by atoms with Crippen molar-refractivity contribution in [1.29, 1.82) is 0 Å². The molecule has 1 aromatic heterocycles. The Hall–Kier alpha value is -1.23. The first-order valence-corrected chi connectivity index (χ1v) is 7.13. The zero-order valence-electron chi connectivity index (χ0n) is 11.0. The van der Waals surface area contributed by atoms with Crippen molar-refractivity contribution in [3.63, 3.8) is 0 Å². The molecule has 0 saturated carbocycles. The standard InChI is InChI=1S/C13H19N3OS/c1-9(2)6-11-8-18-13(16-11)15-10-4-5-12(17-3)14-7-10/h4-5,7,9,11H,6,8H2,1-3H3,(H,15,16). The lowest BCUT2D eigenvalue weighted by atomic mass is 10.1. The molecule has 98 valence electrons. The van der Waals surface area contributed by atoms with E-state index >= 15 is 0 Å². The molecule has 0 saturated heterocycles. The van der Waals surface area contributed by atoms with Crippen LogP contribution in [0.2, 0.25) is 0 Å². The highest BCUT2D eigenvalue weighted by molar-refractivity contribution is 8.14. The molecule has 2 heterocycles. The first kappa shape index (κ1) is 13.2. The summed E-state index contributed by atoms with van der Waals surface area (Å²) in [5.74, 6) is 2.39. The molecule has 0 amide bonds. The summed E-state index contributed by atoms with van der Waals surface area (Å²) >= 11 is 1.78. The van der Waals surface area contributed by atoms with Crippen molar-refractivity contribution in [2.24, 2.45) is 10.9 Å². The zero-order chi connectivity index (χ0) is 13.0. The minimum absolute atomic E-state index is 0.448. The van der Waals surface area contributed by atoms with Crippen molar-refractivity contribution >= 4 is 22.6 Å². The number of pyridine rings is 1. The van der Waals surface area contributed by atoms with Crippen LogP contribution in [-0.2, 0) is 0 Å². The van der Waals surface area contributed by atoms with Gasteiger partial charge in [-0.15, -0.1) is 0 Å². The Morgan fingerprint density at radius 3 is 2.94 bits per heavy atom. The van der Waals surface area contributed by atoms with E-state index in [9.17, 15) is 0 Å². The van der Waals surface area contributed by atoms with Gasteiger partial charge in [-0.25, -0.2) is 4.98 Å². The molecule has 4 nitrogen and oxygen atoms in total. The number of anilines is 1. The Morgan fingerprint density at radius 1 is 1.50 bits per heavy atom. The third-order valence-electron chi connectivity index (χ3n) is 2.65. The molecule has 1 aromatic rings. The molecule has 0 fully saturated rings. The van der Waals surface area contributed by atoms with Crippen molar-refractivity contribution in [2.45, 2.75) is 26.3 Å². The van der Waals surface area contributed by atoms with Gasteiger partial charge in [0.15, 0.2) is 5.17 Å². The molecule has 1 atom stereocenters. The number of thioether (sulfide) groups is 1. The number of hydrogen-bond donors (Lipinski definition) is 1. The first-order valence-electron chi connectivity index (χ1n) is 6.15. The summed E-state index contributed by atoms with van der Waals surface area (Å²) in [6, 6.07) is 4.24. The molecule has 1 unspecified atom stereocenters. The monoisotopic (exact) mass is 265 g/mol. The van der Waals surface area contributed by atoms with Crippen LogP contribution in [0.3, 0.4) is 0 Å². The average molecular weight is 265 g/mol. The smallest absolute Gasteiger partial charge is 0.213 e. The van der Waals surface area contributed by atoms with Gasteiger partial charge in [-0.1, -0.05) is 25.6 Å². The summed E-state index contributed by atoms with van der Waals surface area (Å²) in [6.07, 6.45) is 2.91. The maximum Gasteiger partial charge on any atom is 0.213 e. The molecule has 0 spiro atoms. The Morgan fingerprint density at radius 2 is 2.33 bits per heavy atom. The van der Waals surface area contributed by atoms with Gasteiger partial charge in [-0.05, 0) is 18.4 Å². The largest absolute Gasteiger partial charge is 0.481 e. The molecule has 0 aliphatic carbocycles. The van der Waals surface area contributed by atoms with Crippen LogP contribution < -0.4 is 10.1 Å². The van der Waals surface area contributed by atoms with Crippen LogP contribution >= 0.6 is 11.8 Å². The number of nitrogens with zero attached hydrogens (tertiary/aromatic N) is 2. The average Bonchev–Trinajstić information content (AvgIpc) is 2.76. The lowest BCUT2D eigenvalue weighted by Crippen LogP contribution is -2.08. The Balaban J connectivity index is 1.93. The van der Waals surface area contributed by atoms with Gasteiger partial charge >= 0.3 is 0 Å². The lowest BCUT2D eigenvalue weighted by Gasteiger charge is -2.07. The van der Waals surface area contributed by atoms with Gasteiger partial charge in [0.1, 0.15) is 0 Å². The minimum Gasteiger partial charge on any atom is -0.481 e. The van der Waals surface area contributed by atoms with Crippen LogP contribution in [0.1, 0.15) is 20.3 Å². The van der Waals surface area contributed by atoms with Crippen molar-refractivity contribution < 1.29 is 4.74 Å². The summed E-state index contributed by atoms with van der Waals surface area (Å²) in [4.78, 5) is 8.83. The minimum atomic E-state index is 0.448. The lowest BCUT2D eigenvalue weighted by molar-refractivity contribution is 0.398. The van der Waals surface area contributed by atoms with Gasteiger partial charge in [-0.2, -0.15) is 0 Å². The van der Waals surface area contributed by atoms with Crippen molar-refractivity contribution in [3.05, 3.63) is 18.3 Å². The number of hydrogen-bond acceptors (Lipinski definition) is 5. The third kappa shape index (κ3) is 3.63. The van der Waals surface area contributed by atoms with Gasteiger partial charge in [0.05, 0.1) is 25.0 Å². The molecular formula is C13H19N3OS. The number of amidine groups is 1. The van der Waals surface area contributed by atoms with Crippen LogP contribution in [0.15, 0.2) is 23.3 Å². The molecule has 0 radical (unpaired) electrons. The molecule has 1 N–H and O–H groups in total. The molecule has 2 rings (SSSR count). The Bertz CT molecular complexity index is 417. The summed E-state index contributed by atoms with van der Waals surface area (Å²) in [5, 5.41) is 4.28. The number of aliphatic imine (C=N–C) groups is 1. The maximum absolute atomic E-state index is 5.03.